The van der Waals surface area contributed by atoms with Gasteiger partial charge in [-0.05, 0) is 44.7 Å². The monoisotopic (exact) mass is 332 g/mol. The Bertz CT molecular complexity index is 499. The number of nitrogens with zero attached hydrogens (tertiary/aromatic N) is 1. The molecule has 0 saturated carbocycles. The average molecular weight is 333 g/mol. The highest BCUT2D eigenvalue weighted by Crippen LogP contribution is 2.34. The fraction of sp³-hybridized carbons (Fsp3) is 0.643. The SMILES string of the molecule is O=C(c1cc(Cl)sc1Cl)N1CCCCC1C1CCCN1. The van der Waals surface area contributed by atoms with E-state index in [0.717, 1.165) is 32.4 Å². The molecule has 0 radical (unpaired) electrons. The van der Waals surface area contributed by atoms with Gasteiger partial charge < -0.3 is 10.2 Å². The molecule has 6 heteroatoms. The van der Waals surface area contributed by atoms with Gasteiger partial charge in [0.1, 0.15) is 4.34 Å². The lowest BCUT2D eigenvalue weighted by Gasteiger charge is -2.39. The van der Waals surface area contributed by atoms with Crippen molar-refractivity contribution in [3.05, 3.63) is 20.3 Å². The molecular weight excluding hydrogens is 315 g/mol. The first-order valence-corrected chi connectivity index (χ1v) is 8.73. The molecule has 20 heavy (non-hydrogen) atoms. The van der Waals surface area contributed by atoms with E-state index in [1.807, 2.05) is 4.90 Å². The van der Waals surface area contributed by atoms with Gasteiger partial charge in [-0.1, -0.05) is 23.2 Å². The maximum atomic E-state index is 12.8. The Morgan fingerprint density at radius 3 is 2.80 bits per heavy atom. The van der Waals surface area contributed by atoms with Crippen molar-refractivity contribution in [2.75, 3.05) is 13.1 Å². The highest BCUT2D eigenvalue weighted by Gasteiger charge is 2.35. The van der Waals surface area contributed by atoms with E-state index in [0.29, 0.717) is 26.3 Å². The van der Waals surface area contributed by atoms with Gasteiger partial charge in [0.25, 0.3) is 5.91 Å². The topological polar surface area (TPSA) is 32.3 Å². The van der Waals surface area contributed by atoms with Crippen LogP contribution in [0.4, 0.5) is 0 Å². The molecule has 0 aliphatic carbocycles. The number of amides is 1. The molecule has 0 aromatic carbocycles. The quantitative estimate of drug-likeness (QED) is 0.893. The number of nitrogens with one attached hydrogen (secondary N) is 1. The summed E-state index contributed by atoms with van der Waals surface area (Å²) in [4.78, 5) is 14.8. The summed E-state index contributed by atoms with van der Waals surface area (Å²) in [7, 11) is 0. The second-order valence-corrected chi connectivity index (χ2v) is 7.79. The molecule has 1 aromatic heterocycles. The number of carbonyl (C=O) groups excluding carboxylic acids is 1. The third kappa shape index (κ3) is 2.84. The summed E-state index contributed by atoms with van der Waals surface area (Å²) in [5.74, 6) is 0.0385. The van der Waals surface area contributed by atoms with Crippen LogP contribution in [0, 0.1) is 0 Å². The zero-order valence-electron chi connectivity index (χ0n) is 11.2. The first-order chi connectivity index (χ1) is 9.66. The fourth-order valence-electron chi connectivity index (χ4n) is 3.31. The second-order valence-electron chi connectivity index (χ2n) is 5.50. The zero-order valence-corrected chi connectivity index (χ0v) is 13.5. The van der Waals surface area contributed by atoms with Crippen LogP contribution in [0.25, 0.3) is 0 Å². The van der Waals surface area contributed by atoms with Gasteiger partial charge in [-0.2, -0.15) is 0 Å². The van der Waals surface area contributed by atoms with Crippen LogP contribution < -0.4 is 5.32 Å². The van der Waals surface area contributed by atoms with Crippen molar-refractivity contribution in [3.63, 3.8) is 0 Å². The predicted octanol–water partition coefficient (Wildman–Crippen LogP) is 3.80. The van der Waals surface area contributed by atoms with E-state index in [4.69, 9.17) is 23.2 Å². The molecule has 1 N–H and O–H groups in total. The molecule has 3 heterocycles. The summed E-state index contributed by atoms with van der Waals surface area (Å²) < 4.78 is 1.08. The van der Waals surface area contributed by atoms with Crippen LogP contribution in [0.5, 0.6) is 0 Å². The van der Waals surface area contributed by atoms with Gasteiger partial charge >= 0.3 is 0 Å². The van der Waals surface area contributed by atoms with Crippen molar-refractivity contribution >= 4 is 40.4 Å². The minimum absolute atomic E-state index is 0.0385. The van der Waals surface area contributed by atoms with E-state index < -0.39 is 0 Å². The number of hydrogen-bond donors (Lipinski definition) is 1. The highest BCUT2D eigenvalue weighted by atomic mass is 35.5. The van der Waals surface area contributed by atoms with Crippen LogP contribution in [-0.2, 0) is 0 Å². The van der Waals surface area contributed by atoms with Gasteiger partial charge in [-0.3, -0.25) is 4.79 Å². The maximum absolute atomic E-state index is 12.8. The maximum Gasteiger partial charge on any atom is 0.256 e. The van der Waals surface area contributed by atoms with E-state index in [2.05, 4.69) is 5.32 Å². The van der Waals surface area contributed by atoms with E-state index in [1.54, 1.807) is 6.07 Å². The Balaban J connectivity index is 1.82. The molecule has 3 nitrogen and oxygen atoms in total. The smallest absolute Gasteiger partial charge is 0.256 e. The number of halogens is 2. The molecule has 0 bridgehead atoms. The number of likely N-dealkylation sites (tertiary alicyclic amines) is 1. The lowest BCUT2D eigenvalue weighted by Crippen LogP contribution is -2.52. The summed E-state index contributed by atoms with van der Waals surface area (Å²) in [5.41, 5.74) is 0.562. The first-order valence-electron chi connectivity index (χ1n) is 7.16. The molecule has 2 fully saturated rings. The summed E-state index contributed by atoms with van der Waals surface area (Å²) in [6.07, 6.45) is 5.72. The first kappa shape index (κ1) is 14.6. The predicted molar refractivity (Wildman–Crippen MR) is 84.0 cm³/mol. The standard InChI is InChI=1S/C14H18Cl2N2OS/c15-12-8-9(13(16)20-12)14(19)18-7-2-1-5-11(18)10-4-3-6-17-10/h8,10-11,17H,1-7H2. The lowest BCUT2D eigenvalue weighted by atomic mass is 9.94. The lowest BCUT2D eigenvalue weighted by molar-refractivity contribution is 0.0564. The van der Waals surface area contributed by atoms with Crippen LogP contribution in [0.3, 0.4) is 0 Å². The Labute approximate surface area is 133 Å². The normalized spacial score (nSPS) is 27.0. The average Bonchev–Trinajstić information content (AvgIpc) is 3.07. The van der Waals surface area contributed by atoms with Gasteiger partial charge in [0.05, 0.1) is 9.90 Å². The Morgan fingerprint density at radius 1 is 1.30 bits per heavy atom. The Hall–Kier alpha value is -0.290. The molecule has 3 rings (SSSR count). The number of carbonyl (C=O) groups is 1. The van der Waals surface area contributed by atoms with Crippen molar-refractivity contribution in [2.24, 2.45) is 0 Å². The summed E-state index contributed by atoms with van der Waals surface area (Å²) in [5, 5.41) is 3.53. The van der Waals surface area contributed by atoms with E-state index >= 15 is 0 Å². The minimum Gasteiger partial charge on any atom is -0.334 e. The number of piperidine rings is 1. The largest absolute Gasteiger partial charge is 0.334 e. The molecule has 2 aliphatic rings. The van der Waals surface area contributed by atoms with Gasteiger partial charge in [-0.25, -0.2) is 0 Å². The number of hydrogen-bond acceptors (Lipinski definition) is 3. The van der Waals surface area contributed by atoms with Crippen molar-refractivity contribution in [2.45, 2.75) is 44.2 Å². The van der Waals surface area contributed by atoms with Crippen LogP contribution in [0.2, 0.25) is 8.67 Å². The van der Waals surface area contributed by atoms with Crippen molar-refractivity contribution in [1.82, 2.24) is 10.2 Å². The molecule has 2 saturated heterocycles. The van der Waals surface area contributed by atoms with Gasteiger partial charge in [0.2, 0.25) is 0 Å². The molecular formula is C14H18Cl2N2OS. The van der Waals surface area contributed by atoms with Crippen LogP contribution in [0.15, 0.2) is 6.07 Å². The van der Waals surface area contributed by atoms with Gasteiger partial charge in [0.15, 0.2) is 0 Å². The van der Waals surface area contributed by atoms with Crippen molar-refractivity contribution < 1.29 is 4.79 Å². The molecule has 2 atom stereocenters. The molecule has 110 valence electrons. The van der Waals surface area contributed by atoms with Crippen LogP contribution >= 0.6 is 34.5 Å². The summed E-state index contributed by atoms with van der Waals surface area (Å²) >= 11 is 13.4. The minimum atomic E-state index is 0.0385. The van der Waals surface area contributed by atoms with Crippen LogP contribution in [0.1, 0.15) is 42.5 Å². The third-order valence-electron chi connectivity index (χ3n) is 4.26. The molecule has 2 unspecified atom stereocenters. The van der Waals surface area contributed by atoms with Gasteiger partial charge in [-0.15, -0.1) is 11.3 Å². The number of rotatable bonds is 2. The highest BCUT2D eigenvalue weighted by molar-refractivity contribution is 7.20. The van der Waals surface area contributed by atoms with Crippen molar-refractivity contribution in [1.29, 1.82) is 0 Å². The summed E-state index contributed by atoms with van der Waals surface area (Å²) in [6, 6.07) is 2.44. The van der Waals surface area contributed by atoms with E-state index in [-0.39, 0.29) is 5.91 Å². The zero-order chi connectivity index (χ0) is 14.1. The van der Waals surface area contributed by atoms with Crippen LogP contribution in [-0.4, -0.2) is 36.0 Å². The van der Waals surface area contributed by atoms with E-state index in [9.17, 15) is 4.79 Å². The van der Waals surface area contributed by atoms with E-state index in [1.165, 1.54) is 24.2 Å². The molecule has 1 aromatic rings. The second kappa shape index (κ2) is 6.22. The molecule has 1 amide bonds. The molecule has 2 aliphatic heterocycles. The molecule has 0 spiro atoms. The summed E-state index contributed by atoms with van der Waals surface area (Å²) in [6.45, 7) is 1.89. The Kier molecular flexibility index (Phi) is 4.55. The van der Waals surface area contributed by atoms with Crippen molar-refractivity contribution in [3.8, 4) is 0 Å². The third-order valence-corrected chi connectivity index (χ3v) is 5.75. The number of thiophene rings is 1. The Morgan fingerprint density at radius 2 is 2.15 bits per heavy atom. The van der Waals surface area contributed by atoms with Gasteiger partial charge in [0, 0.05) is 18.6 Å². The fourth-order valence-corrected chi connectivity index (χ4v) is 4.76.